The molecule has 0 saturated carbocycles. The molecule has 0 fully saturated rings. The van der Waals surface area contributed by atoms with Gasteiger partial charge < -0.3 is 14.0 Å². The molecule has 0 heterocycles. The molecule has 0 aromatic carbocycles. The van der Waals surface area contributed by atoms with Crippen LogP contribution in [0.4, 0.5) is 0 Å². The molecule has 5 heteroatoms. The minimum atomic E-state index is -0.0762. The van der Waals surface area contributed by atoms with Crippen molar-refractivity contribution in [2.45, 2.75) is 207 Å². The van der Waals surface area contributed by atoms with Gasteiger partial charge in [-0.2, -0.15) is 0 Å². The zero-order chi connectivity index (χ0) is 34.9. The van der Waals surface area contributed by atoms with Gasteiger partial charge in [0.2, 0.25) is 0 Å². The SMILES string of the molecule is CC(C)CCCCCCCCCCCCCCC(=O)OCC[N+](C)(C)CCOC(=O)CCCCCCCCCCCCCCC(C)C. The highest BCUT2D eigenvalue weighted by atomic mass is 16.5. The van der Waals surface area contributed by atoms with Gasteiger partial charge in [-0.05, 0) is 24.7 Å². The smallest absolute Gasteiger partial charge is 0.305 e. The maximum atomic E-state index is 12.1. The number of nitrogens with zero attached hydrogens (tertiary/aromatic N) is 1. The third-order valence-corrected chi connectivity index (χ3v) is 9.74. The van der Waals surface area contributed by atoms with Gasteiger partial charge in [0.1, 0.15) is 26.3 Å². The molecule has 0 radical (unpaired) electrons. The van der Waals surface area contributed by atoms with Gasteiger partial charge in [-0.1, -0.05) is 182 Å². The lowest BCUT2D eigenvalue weighted by atomic mass is 10.0. The zero-order valence-corrected chi connectivity index (χ0v) is 32.9. The van der Waals surface area contributed by atoms with Crippen molar-refractivity contribution in [2.24, 2.45) is 11.8 Å². The van der Waals surface area contributed by atoms with Gasteiger partial charge in [0.05, 0.1) is 14.1 Å². The minimum Gasteiger partial charge on any atom is -0.460 e. The van der Waals surface area contributed by atoms with Gasteiger partial charge in [0.15, 0.2) is 0 Å². The van der Waals surface area contributed by atoms with Crippen LogP contribution in [0.1, 0.15) is 207 Å². The Morgan fingerprint density at radius 3 is 0.894 bits per heavy atom. The minimum absolute atomic E-state index is 0.0762. The topological polar surface area (TPSA) is 52.6 Å². The summed E-state index contributed by atoms with van der Waals surface area (Å²) in [6.45, 7) is 11.6. The average Bonchev–Trinajstić information content (AvgIpc) is 3.00. The van der Waals surface area contributed by atoms with Crippen molar-refractivity contribution in [3.63, 3.8) is 0 Å². The van der Waals surface area contributed by atoms with Crippen LogP contribution in [0.5, 0.6) is 0 Å². The molecule has 280 valence electrons. The lowest BCUT2D eigenvalue weighted by Gasteiger charge is -2.29. The summed E-state index contributed by atoms with van der Waals surface area (Å²) in [6.07, 6.45) is 35.2. The van der Waals surface area contributed by atoms with Crippen molar-refractivity contribution in [1.82, 2.24) is 0 Å². The first-order chi connectivity index (χ1) is 22.6. The highest BCUT2D eigenvalue weighted by Gasteiger charge is 2.17. The van der Waals surface area contributed by atoms with E-state index in [2.05, 4.69) is 41.8 Å². The molecule has 0 saturated heterocycles. The number of rotatable bonds is 36. The van der Waals surface area contributed by atoms with Gasteiger partial charge in [-0.25, -0.2) is 0 Å². The monoisotopic (exact) mass is 667 g/mol. The Balaban J connectivity index is 3.49. The first-order valence-corrected chi connectivity index (χ1v) is 20.8. The largest absolute Gasteiger partial charge is 0.460 e. The van der Waals surface area contributed by atoms with E-state index in [1.165, 1.54) is 141 Å². The van der Waals surface area contributed by atoms with Crippen LogP contribution < -0.4 is 0 Å². The lowest BCUT2D eigenvalue weighted by Crippen LogP contribution is -2.45. The van der Waals surface area contributed by atoms with E-state index >= 15 is 0 Å². The molecule has 0 aliphatic rings. The van der Waals surface area contributed by atoms with E-state index in [9.17, 15) is 9.59 Å². The Bertz CT molecular complexity index is 634. The number of quaternary nitrogens is 1. The van der Waals surface area contributed by atoms with E-state index in [1.807, 2.05) is 0 Å². The summed E-state index contributed by atoms with van der Waals surface area (Å²) in [5.74, 6) is 1.55. The third kappa shape index (κ3) is 37.6. The Kier molecular flexibility index (Phi) is 32.6. The number of carbonyl (C=O) groups excluding carboxylic acids is 2. The summed E-state index contributed by atoms with van der Waals surface area (Å²) in [5.41, 5.74) is 0. The molecule has 0 aromatic rings. The Hall–Kier alpha value is -1.10. The van der Waals surface area contributed by atoms with Crippen LogP contribution in [-0.2, 0) is 19.1 Å². The second-order valence-corrected chi connectivity index (χ2v) is 16.2. The molecule has 0 aliphatic heterocycles. The number of hydrogen-bond acceptors (Lipinski definition) is 4. The van der Waals surface area contributed by atoms with Crippen LogP contribution in [0.3, 0.4) is 0 Å². The van der Waals surface area contributed by atoms with Gasteiger partial charge in [-0.15, -0.1) is 0 Å². The Labute approximate surface area is 294 Å². The van der Waals surface area contributed by atoms with E-state index in [0.29, 0.717) is 30.5 Å². The van der Waals surface area contributed by atoms with Crippen molar-refractivity contribution in [3.05, 3.63) is 0 Å². The Morgan fingerprint density at radius 2 is 0.638 bits per heavy atom. The second-order valence-electron chi connectivity index (χ2n) is 16.2. The van der Waals surface area contributed by atoms with Gasteiger partial charge >= 0.3 is 11.9 Å². The number of carbonyl (C=O) groups is 2. The van der Waals surface area contributed by atoms with Crippen LogP contribution in [0.25, 0.3) is 0 Å². The van der Waals surface area contributed by atoms with Gasteiger partial charge in [0, 0.05) is 12.8 Å². The van der Waals surface area contributed by atoms with Crippen molar-refractivity contribution < 1.29 is 23.5 Å². The molecule has 0 aliphatic carbocycles. The van der Waals surface area contributed by atoms with Crippen molar-refractivity contribution in [2.75, 3.05) is 40.4 Å². The standard InChI is InChI=1S/C42H84NO4/c1-39(2)31-27-23-19-15-11-7-9-13-17-21-25-29-33-41(44)46-37-35-43(5,6)36-38-47-42(45)34-30-26-22-18-14-10-8-12-16-20-24-28-32-40(3)4/h39-40H,7-38H2,1-6H3/q+1. The van der Waals surface area contributed by atoms with E-state index in [4.69, 9.17) is 9.47 Å². The molecule has 0 amide bonds. The molecule has 0 N–H and O–H groups in total. The molecule has 47 heavy (non-hydrogen) atoms. The molecule has 0 bridgehead atoms. The summed E-state index contributed by atoms with van der Waals surface area (Å²) in [6, 6.07) is 0. The second kappa shape index (κ2) is 33.4. The fraction of sp³-hybridized carbons (Fsp3) is 0.952. The number of ether oxygens (including phenoxy) is 2. The van der Waals surface area contributed by atoms with E-state index in [1.54, 1.807) is 0 Å². The summed E-state index contributed by atoms with van der Waals surface area (Å²) < 4.78 is 11.7. The highest BCUT2D eigenvalue weighted by molar-refractivity contribution is 5.69. The number of unbranched alkanes of at least 4 members (excludes halogenated alkanes) is 22. The van der Waals surface area contributed by atoms with Crippen molar-refractivity contribution in [1.29, 1.82) is 0 Å². The van der Waals surface area contributed by atoms with Crippen LogP contribution in [-0.4, -0.2) is 56.8 Å². The molecule has 0 atom stereocenters. The first-order valence-electron chi connectivity index (χ1n) is 20.8. The summed E-state index contributed by atoms with van der Waals surface area (Å²) in [4.78, 5) is 24.3. The van der Waals surface area contributed by atoms with E-state index < -0.39 is 0 Å². The predicted molar refractivity (Wildman–Crippen MR) is 203 cm³/mol. The van der Waals surface area contributed by atoms with E-state index in [-0.39, 0.29) is 11.9 Å². The molecule has 0 spiro atoms. The number of hydrogen-bond donors (Lipinski definition) is 0. The highest BCUT2D eigenvalue weighted by Crippen LogP contribution is 2.16. The van der Waals surface area contributed by atoms with Gasteiger partial charge in [0.25, 0.3) is 0 Å². The van der Waals surface area contributed by atoms with Crippen molar-refractivity contribution >= 4 is 11.9 Å². The summed E-state index contributed by atoms with van der Waals surface area (Å²) in [5, 5.41) is 0. The average molecular weight is 667 g/mol. The predicted octanol–water partition coefficient (Wildman–Crippen LogP) is 12.4. The number of esters is 2. The van der Waals surface area contributed by atoms with E-state index in [0.717, 1.165) is 50.6 Å². The fourth-order valence-corrected chi connectivity index (χ4v) is 6.25. The van der Waals surface area contributed by atoms with Crippen LogP contribution in [0.15, 0.2) is 0 Å². The van der Waals surface area contributed by atoms with Crippen LogP contribution in [0, 0.1) is 11.8 Å². The maximum absolute atomic E-state index is 12.1. The van der Waals surface area contributed by atoms with Gasteiger partial charge in [-0.3, -0.25) is 9.59 Å². The number of likely N-dealkylation sites (N-methyl/N-ethyl adjacent to an activating group) is 1. The third-order valence-electron chi connectivity index (χ3n) is 9.74. The molecule has 0 rings (SSSR count). The van der Waals surface area contributed by atoms with Crippen LogP contribution in [0.2, 0.25) is 0 Å². The molecule has 5 nitrogen and oxygen atoms in total. The lowest BCUT2D eigenvalue weighted by molar-refractivity contribution is -0.890. The quantitative estimate of drug-likeness (QED) is 0.0379. The summed E-state index contributed by atoms with van der Waals surface area (Å²) in [7, 11) is 4.20. The van der Waals surface area contributed by atoms with Crippen LogP contribution >= 0.6 is 0 Å². The molecule has 0 unspecified atom stereocenters. The maximum Gasteiger partial charge on any atom is 0.305 e. The summed E-state index contributed by atoms with van der Waals surface area (Å²) >= 11 is 0. The first kappa shape index (κ1) is 45.9. The molecule has 0 aromatic heterocycles. The molecular weight excluding hydrogens is 582 g/mol. The molecular formula is C42H84NO4+. The Morgan fingerprint density at radius 1 is 0.404 bits per heavy atom. The zero-order valence-electron chi connectivity index (χ0n) is 32.9. The normalized spacial score (nSPS) is 11.9. The fourth-order valence-electron chi connectivity index (χ4n) is 6.25. The van der Waals surface area contributed by atoms with Crippen molar-refractivity contribution in [3.8, 4) is 0 Å².